The van der Waals surface area contributed by atoms with Crippen molar-refractivity contribution in [3.05, 3.63) is 23.8 Å². The third-order valence-electron chi connectivity index (χ3n) is 2.27. The molecule has 1 aromatic rings. The number of para-hydroxylation sites is 1. The Balaban J connectivity index is 2.78. The zero-order valence-electron chi connectivity index (χ0n) is 9.93. The topological polar surface area (TPSA) is 64.7 Å². The minimum absolute atomic E-state index is 0.0847. The average Bonchev–Trinajstić information content (AvgIpc) is 2.26. The highest BCUT2D eigenvalue weighted by Gasteiger charge is 2.14. The first-order chi connectivity index (χ1) is 7.56. The zero-order valence-corrected chi connectivity index (χ0v) is 9.93. The molecule has 0 bridgehead atoms. The summed E-state index contributed by atoms with van der Waals surface area (Å²) in [5, 5.41) is 9.91. The van der Waals surface area contributed by atoms with E-state index in [4.69, 9.17) is 15.2 Å². The quantitative estimate of drug-likeness (QED) is 0.749. The molecule has 0 aliphatic carbocycles. The smallest absolute Gasteiger partial charge is 0.142 e. The van der Waals surface area contributed by atoms with E-state index in [2.05, 4.69) is 0 Å². The monoisotopic (exact) mass is 225 g/mol. The van der Waals surface area contributed by atoms with Crippen molar-refractivity contribution in [2.45, 2.75) is 26.1 Å². The maximum absolute atomic E-state index is 9.91. The van der Waals surface area contributed by atoms with Crippen molar-refractivity contribution in [3.8, 4) is 5.75 Å². The van der Waals surface area contributed by atoms with Gasteiger partial charge < -0.3 is 20.3 Å². The van der Waals surface area contributed by atoms with Gasteiger partial charge in [0.15, 0.2) is 0 Å². The van der Waals surface area contributed by atoms with Crippen LogP contribution in [-0.2, 0) is 4.74 Å². The van der Waals surface area contributed by atoms with E-state index in [9.17, 15) is 5.11 Å². The van der Waals surface area contributed by atoms with E-state index in [-0.39, 0.29) is 12.7 Å². The lowest BCUT2D eigenvalue weighted by atomic mass is 10.1. The standard InChI is InChI=1S/C12H19NO3/c1-8(2)16-7-10(14)9-5-4-6-11(15-3)12(9)13/h4-6,8,10,14H,7,13H2,1-3H3. The molecule has 1 atom stereocenters. The predicted octanol–water partition coefficient (Wildman–Crippen LogP) is 1.74. The second-order valence-electron chi connectivity index (χ2n) is 3.86. The molecule has 4 heteroatoms. The number of rotatable bonds is 5. The summed E-state index contributed by atoms with van der Waals surface area (Å²) in [4.78, 5) is 0. The van der Waals surface area contributed by atoms with E-state index in [1.54, 1.807) is 25.3 Å². The Morgan fingerprint density at radius 1 is 1.38 bits per heavy atom. The zero-order chi connectivity index (χ0) is 12.1. The van der Waals surface area contributed by atoms with E-state index >= 15 is 0 Å². The Hall–Kier alpha value is -1.26. The normalized spacial score (nSPS) is 12.8. The van der Waals surface area contributed by atoms with Crippen LogP contribution in [0.3, 0.4) is 0 Å². The number of nitrogen functional groups attached to an aromatic ring is 1. The van der Waals surface area contributed by atoms with Crippen LogP contribution in [0.4, 0.5) is 5.69 Å². The Morgan fingerprint density at radius 2 is 2.06 bits per heavy atom. The molecule has 1 aromatic carbocycles. The highest BCUT2D eigenvalue weighted by atomic mass is 16.5. The van der Waals surface area contributed by atoms with Gasteiger partial charge in [0.2, 0.25) is 0 Å². The molecule has 0 spiro atoms. The van der Waals surface area contributed by atoms with Crippen molar-refractivity contribution < 1.29 is 14.6 Å². The summed E-state index contributed by atoms with van der Waals surface area (Å²) in [5.41, 5.74) is 6.96. The molecule has 0 radical (unpaired) electrons. The molecule has 0 fully saturated rings. The molecule has 0 saturated heterocycles. The third-order valence-corrected chi connectivity index (χ3v) is 2.27. The summed E-state index contributed by atoms with van der Waals surface area (Å²) in [7, 11) is 1.55. The first kappa shape index (κ1) is 12.8. The molecule has 0 amide bonds. The Labute approximate surface area is 96.0 Å². The van der Waals surface area contributed by atoms with Crippen molar-refractivity contribution in [2.24, 2.45) is 0 Å². The van der Waals surface area contributed by atoms with E-state index in [1.807, 2.05) is 13.8 Å². The van der Waals surface area contributed by atoms with Crippen LogP contribution in [0.2, 0.25) is 0 Å². The van der Waals surface area contributed by atoms with Crippen LogP contribution in [0.5, 0.6) is 5.75 Å². The summed E-state index contributed by atoms with van der Waals surface area (Å²) in [6.07, 6.45) is -0.640. The fourth-order valence-corrected chi connectivity index (χ4v) is 1.40. The molecule has 4 nitrogen and oxygen atoms in total. The van der Waals surface area contributed by atoms with Gasteiger partial charge in [-0.3, -0.25) is 0 Å². The summed E-state index contributed by atoms with van der Waals surface area (Å²) in [6.45, 7) is 4.07. The van der Waals surface area contributed by atoms with Gasteiger partial charge in [-0.25, -0.2) is 0 Å². The molecule has 0 heterocycles. The highest BCUT2D eigenvalue weighted by Crippen LogP contribution is 2.29. The van der Waals surface area contributed by atoms with E-state index < -0.39 is 6.10 Å². The minimum atomic E-state index is -0.725. The fourth-order valence-electron chi connectivity index (χ4n) is 1.40. The number of anilines is 1. The van der Waals surface area contributed by atoms with Crippen molar-refractivity contribution in [1.29, 1.82) is 0 Å². The molecule has 0 aromatic heterocycles. The van der Waals surface area contributed by atoms with Crippen LogP contribution < -0.4 is 10.5 Å². The SMILES string of the molecule is COc1cccc(C(O)COC(C)C)c1N. The molecule has 0 saturated carbocycles. The molecule has 16 heavy (non-hydrogen) atoms. The van der Waals surface area contributed by atoms with Crippen LogP contribution in [0, 0.1) is 0 Å². The molecule has 0 aliphatic rings. The number of aliphatic hydroxyl groups is 1. The minimum Gasteiger partial charge on any atom is -0.495 e. The van der Waals surface area contributed by atoms with E-state index in [0.29, 0.717) is 17.0 Å². The number of methoxy groups -OCH3 is 1. The van der Waals surface area contributed by atoms with Crippen LogP contribution in [0.15, 0.2) is 18.2 Å². The van der Waals surface area contributed by atoms with Gasteiger partial charge in [-0.15, -0.1) is 0 Å². The maximum Gasteiger partial charge on any atom is 0.142 e. The number of hydrogen-bond donors (Lipinski definition) is 2. The van der Waals surface area contributed by atoms with Gasteiger partial charge in [-0.05, 0) is 19.9 Å². The second-order valence-corrected chi connectivity index (χ2v) is 3.86. The van der Waals surface area contributed by atoms with Crippen molar-refractivity contribution in [1.82, 2.24) is 0 Å². The highest BCUT2D eigenvalue weighted by molar-refractivity contribution is 5.59. The summed E-state index contributed by atoms with van der Waals surface area (Å²) in [6, 6.07) is 5.32. The van der Waals surface area contributed by atoms with E-state index in [1.165, 1.54) is 0 Å². The number of aliphatic hydroxyl groups excluding tert-OH is 1. The van der Waals surface area contributed by atoms with Crippen molar-refractivity contribution in [2.75, 3.05) is 19.5 Å². The van der Waals surface area contributed by atoms with Crippen LogP contribution in [-0.4, -0.2) is 24.9 Å². The lowest BCUT2D eigenvalue weighted by Crippen LogP contribution is -2.13. The van der Waals surface area contributed by atoms with Crippen molar-refractivity contribution >= 4 is 5.69 Å². The number of benzene rings is 1. The third kappa shape index (κ3) is 3.12. The van der Waals surface area contributed by atoms with Gasteiger partial charge in [0.05, 0.1) is 25.5 Å². The second kappa shape index (κ2) is 5.72. The number of nitrogens with two attached hydrogens (primary N) is 1. The van der Waals surface area contributed by atoms with Gasteiger partial charge >= 0.3 is 0 Å². The van der Waals surface area contributed by atoms with Gasteiger partial charge in [0.1, 0.15) is 11.9 Å². The summed E-state index contributed by atoms with van der Waals surface area (Å²) in [5.74, 6) is 0.570. The molecular formula is C12H19NO3. The Bertz CT molecular complexity index is 339. The molecule has 0 aliphatic heterocycles. The summed E-state index contributed by atoms with van der Waals surface area (Å²) >= 11 is 0. The molecular weight excluding hydrogens is 206 g/mol. The fraction of sp³-hybridized carbons (Fsp3) is 0.500. The van der Waals surface area contributed by atoms with Gasteiger partial charge in [-0.1, -0.05) is 12.1 Å². The van der Waals surface area contributed by atoms with Gasteiger partial charge in [0, 0.05) is 5.56 Å². The maximum atomic E-state index is 9.91. The lowest BCUT2D eigenvalue weighted by Gasteiger charge is -2.16. The summed E-state index contributed by atoms with van der Waals surface area (Å²) < 4.78 is 10.4. The van der Waals surface area contributed by atoms with Crippen LogP contribution in [0.1, 0.15) is 25.5 Å². The van der Waals surface area contributed by atoms with Crippen molar-refractivity contribution in [3.63, 3.8) is 0 Å². The number of hydrogen-bond acceptors (Lipinski definition) is 4. The first-order valence-electron chi connectivity index (χ1n) is 5.28. The number of ether oxygens (including phenoxy) is 2. The Morgan fingerprint density at radius 3 is 2.62 bits per heavy atom. The van der Waals surface area contributed by atoms with Crippen LogP contribution >= 0.6 is 0 Å². The average molecular weight is 225 g/mol. The van der Waals surface area contributed by atoms with E-state index in [0.717, 1.165) is 0 Å². The van der Waals surface area contributed by atoms with Crippen LogP contribution in [0.25, 0.3) is 0 Å². The lowest BCUT2D eigenvalue weighted by molar-refractivity contribution is 0.00516. The predicted molar refractivity (Wildman–Crippen MR) is 63.5 cm³/mol. The molecule has 1 unspecified atom stereocenters. The Kier molecular flexibility index (Phi) is 4.58. The van der Waals surface area contributed by atoms with Gasteiger partial charge in [-0.2, -0.15) is 0 Å². The molecule has 90 valence electrons. The first-order valence-corrected chi connectivity index (χ1v) is 5.28. The van der Waals surface area contributed by atoms with Gasteiger partial charge in [0.25, 0.3) is 0 Å². The molecule has 3 N–H and O–H groups in total. The largest absolute Gasteiger partial charge is 0.495 e. The molecule has 1 rings (SSSR count).